The molecule has 0 aromatic heterocycles. The quantitative estimate of drug-likeness (QED) is 0.260. The van der Waals surface area contributed by atoms with Gasteiger partial charge in [0.2, 0.25) is 5.91 Å². The summed E-state index contributed by atoms with van der Waals surface area (Å²) in [5.41, 5.74) is 5.19. The van der Waals surface area contributed by atoms with Gasteiger partial charge in [-0.15, -0.1) is 0 Å². The van der Waals surface area contributed by atoms with Gasteiger partial charge >= 0.3 is 0 Å². The predicted molar refractivity (Wildman–Crippen MR) is 86.9 cm³/mol. The SMILES string of the molecule is CN[C@H](C(=O)N[C@@H](CCCNC(N)O)C(=O)C(C)C)C(C)C. The number of rotatable bonds is 11. The number of likely N-dealkylation sites (N-methyl/N-ethyl adjacent to an activating group) is 1. The first-order chi connectivity index (χ1) is 10.2. The number of ketones is 1. The van der Waals surface area contributed by atoms with E-state index < -0.39 is 12.4 Å². The summed E-state index contributed by atoms with van der Waals surface area (Å²) >= 11 is 0. The third-order valence-electron chi connectivity index (χ3n) is 3.51. The molecule has 6 N–H and O–H groups in total. The van der Waals surface area contributed by atoms with Crippen molar-refractivity contribution < 1.29 is 14.7 Å². The maximum absolute atomic E-state index is 12.3. The summed E-state index contributed by atoms with van der Waals surface area (Å²) in [4.78, 5) is 24.6. The van der Waals surface area contributed by atoms with Crippen LogP contribution < -0.4 is 21.7 Å². The van der Waals surface area contributed by atoms with Crippen LogP contribution in [0.1, 0.15) is 40.5 Å². The summed E-state index contributed by atoms with van der Waals surface area (Å²) in [7, 11) is 1.73. The van der Waals surface area contributed by atoms with E-state index in [4.69, 9.17) is 10.8 Å². The number of nitrogens with one attached hydrogen (secondary N) is 3. The summed E-state index contributed by atoms with van der Waals surface area (Å²) in [6.45, 7) is 8.02. The van der Waals surface area contributed by atoms with E-state index in [0.717, 1.165) is 0 Å². The molecule has 130 valence electrons. The average Bonchev–Trinajstić information content (AvgIpc) is 2.41. The van der Waals surface area contributed by atoms with E-state index in [2.05, 4.69) is 16.0 Å². The third kappa shape index (κ3) is 7.84. The summed E-state index contributed by atoms with van der Waals surface area (Å²) in [6, 6.07) is -0.842. The van der Waals surface area contributed by atoms with E-state index in [0.29, 0.717) is 19.4 Å². The molecular weight excluding hydrogens is 284 g/mol. The number of hydrogen-bond acceptors (Lipinski definition) is 6. The van der Waals surface area contributed by atoms with Gasteiger partial charge in [0.15, 0.2) is 12.1 Å². The summed E-state index contributed by atoms with van der Waals surface area (Å²) in [6.07, 6.45) is 0.0732. The van der Waals surface area contributed by atoms with E-state index >= 15 is 0 Å². The molecule has 0 saturated heterocycles. The molecule has 0 saturated carbocycles. The van der Waals surface area contributed by atoms with Crippen LogP contribution in [0.15, 0.2) is 0 Å². The van der Waals surface area contributed by atoms with E-state index in [-0.39, 0.29) is 29.6 Å². The molecule has 7 nitrogen and oxygen atoms in total. The van der Waals surface area contributed by atoms with Crippen LogP contribution in [0.3, 0.4) is 0 Å². The lowest BCUT2D eigenvalue weighted by Gasteiger charge is -2.25. The Kier molecular flexibility index (Phi) is 10.2. The molecule has 0 aliphatic rings. The van der Waals surface area contributed by atoms with E-state index in [9.17, 15) is 9.59 Å². The van der Waals surface area contributed by atoms with Crippen molar-refractivity contribution in [2.75, 3.05) is 13.6 Å². The highest BCUT2D eigenvalue weighted by Crippen LogP contribution is 2.08. The second kappa shape index (κ2) is 10.7. The number of nitrogens with two attached hydrogens (primary N) is 1. The van der Waals surface area contributed by atoms with Gasteiger partial charge in [0, 0.05) is 5.92 Å². The van der Waals surface area contributed by atoms with Crippen LogP contribution in [0.4, 0.5) is 0 Å². The van der Waals surface area contributed by atoms with Crippen LogP contribution >= 0.6 is 0 Å². The molecule has 0 bridgehead atoms. The lowest BCUT2D eigenvalue weighted by Crippen LogP contribution is -2.52. The molecule has 0 aromatic carbocycles. The molecule has 22 heavy (non-hydrogen) atoms. The molecular formula is C15H32N4O3. The number of carbonyl (C=O) groups excluding carboxylic acids is 2. The van der Waals surface area contributed by atoms with Crippen LogP contribution in [0.2, 0.25) is 0 Å². The minimum atomic E-state index is -1.07. The van der Waals surface area contributed by atoms with Gasteiger partial charge in [0.25, 0.3) is 0 Å². The minimum absolute atomic E-state index is 0.0141. The number of aliphatic hydroxyl groups excluding tert-OH is 1. The van der Waals surface area contributed by atoms with Crippen LogP contribution in [0.25, 0.3) is 0 Å². The number of Topliss-reactive ketones (excluding diaryl/α,β-unsaturated/α-hetero) is 1. The molecule has 1 amide bonds. The lowest BCUT2D eigenvalue weighted by atomic mass is 9.96. The van der Waals surface area contributed by atoms with Gasteiger partial charge < -0.3 is 15.7 Å². The Morgan fingerprint density at radius 2 is 1.77 bits per heavy atom. The van der Waals surface area contributed by atoms with Crippen molar-refractivity contribution in [1.29, 1.82) is 0 Å². The van der Waals surface area contributed by atoms with Crippen molar-refractivity contribution in [1.82, 2.24) is 16.0 Å². The van der Waals surface area contributed by atoms with Crippen LogP contribution in [0, 0.1) is 11.8 Å². The zero-order valence-electron chi connectivity index (χ0n) is 14.3. The molecule has 0 heterocycles. The molecule has 0 fully saturated rings. The molecule has 0 aliphatic heterocycles. The second-order valence-electron chi connectivity index (χ2n) is 6.17. The standard InChI is InChI=1S/C15H32N4O3/c1-9(2)12(17-5)14(21)19-11(13(20)10(3)4)7-6-8-18-15(16)22/h9-12,15,17-18,22H,6-8,16H2,1-5H3,(H,19,21)/t11-,12-,15?/m0/s1. The fraction of sp³-hybridized carbons (Fsp3) is 0.867. The van der Waals surface area contributed by atoms with E-state index in [1.54, 1.807) is 7.05 Å². The zero-order chi connectivity index (χ0) is 17.3. The molecule has 0 aromatic rings. The van der Waals surface area contributed by atoms with Gasteiger partial charge in [0.05, 0.1) is 12.1 Å². The van der Waals surface area contributed by atoms with Crippen molar-refractivity contribution in [3.05, 3.63) is 0 Å². The lowest BCUT2D eigenvalue weighted by molar-refractivity contribution is -0.131. The van der Waals surface area contributed by atoms with Crippen molar-refractivity contribution in [3.8, 4) is 0 Å². The molecule has 1 unspecified atom stereocenters. The monoisotopic (exact) mass is 316 g/mol. The van der Waals surface area contributed by atoms with Crippen LogP contribution in [0.5, 0.6) is 0 Å². The number of aliphatic hydroxyl groups is 1. The first kappa shape index (κ1) is 21.0. The Balaban J connectivity index is 4.66. The van der Waals surface area contributed by atoms with Crippen molar-refractivity contribution in [3.63, 3.8) is 0 Å². The van der Waals surface area contributed by atoms with Crippen molar-refractivity contribution >= 4 is 11.7 Å². The Morgan fingerprint density at radius 1 is 1.18 bits per heavy atom. The predicted octanol–water partition coefficient (Wildman–Crippen LogP) is -0.455. The highest BCUT2D eigenvalue weighted by molar-refractivity contribution is 5.91. The average molecular weight is 316 g/mol. The second-order valence-corrected chi connectivity index (χ2v) is 6.17. The molecule has 0 rings (SSSR count). The highest BCUT2D eigenvalue weighted by Gasteiger charge is 2.27. The van der Waals surface area contributed by atoms with Gasteiger partial charge in [-0.2, -0.15) is 0 Å². The fourth-order valence-electron chi connectivity index (χ4n) is 2.27. The van der Waals surface area contributed by atoms with E-state index in [1.807, 2.05) is 27.7 Å². The van der Waals surface area contributed by atoms with Gasteiger partial charge in [-0.05, 0) is 32.4 Å². The van der Waals surface area contributed by atoms with Gasteiger partial charge in [0.1, 0.15) is 0 Å². The Hall–Kier alpha value is -1.02. The van der Waals surface area contributed by atoms with Crippen molar-refractivity contribution in [2.45, 2.75) is 59.0 Å². The maximum Gasteiger partial charge on any atom is 0.237 e. The number of hydrogen-bond donors (Lipinski definition) is 5. The molecule has 0 radical (unpaired) electrons. The maximum atomic E-state index is 12.3. The first-order valence-corrected chi connectivity index (χ1v) is 7.89. The summed E-state index contributed by atoms with van der Waals surface area (Å²) in [5, 5.41) is 17.4. The Morgan fingerprint density at radius 3 is 2.18 bits per heavy atom. The summed E-state index contributed by atoms with van der Waals surface area (Å²) < 4.78 is 0. The molecule has 3 atom stereocenters. The van der Waals surface area contributed by atoms with Crippen molar-refractivity contribution in [2.24, 2.45) is 17.6 Å². The van der Waals surface area contributed by atoms with Gasteiger partial charge in [-0.3, -0.25) is 20.6 Å². The minimum Gasteiger partial charge on any atom is -0.366 e. The van der Waals surface area contributed by atoms with Gasteiger partial charge in [-0.1, -0.05) is 27.7 Å². The number of carbonyl (C=O) groups is 2. The zero-order valence-corrected chi connectivity index (χ0v) is 14.3. The molecule has 0 spiro atoms. The highest BCUT2D eigenvalue weighted by atomic mass is 16.3. The van der Waals surface area contributed by atoms with E-state index in [1.165, 1.54) is 0 Å². The third-order valence-corrected chi connectivity index (χ3v) is 3.51. The Labute approximate surface area is 133 Å². The number of amides is 1. The largest absolute Gasteiger partial charge is 0.366 e. The first-order valence-electron chi connectivity index (χ1n) is 7.89. The normalized spacial score (nSPS) is 15.7. The summed E-state index contributed by atoms with van der Waals surface area (Å²) in [5.74, 6) is -0.164. The topological polar surface area (TPSA) is 116 Å². The van der Waals surface area contributed by atoms with Gasteiger partial charge in [-0.25, -0.2) is 0 Å². The molecule has 0 aliphatic carbocycles. The van der Waals surface area contributed by atoms with Crippen LogP contribution in [-0.2, 0) is 9.59 Å². The fourth-order valence-corrected chi connectivity index (χ4v) is 2.27. The smallest absolute Gasteiger partial charge is 0.237 e. The Bertz CT molecular complexity index is 346. The van der Waals surface area contributed by atoms with Crippen LogP contribution in [-0.4, -0.2) is 48.8 Å². The molecule has 7 heteroatoms.